The first-order chi connectivity index (χ1) is 13.1. The fraction of sp³-hybridized carbons (Fsp3) is 0.100. The summed E-state index contributed by atoms with van der Waals surface area (Å²) in [6.45, 7) is 0.369. The Balaban J connectivity index is 1.73. The number of hydrogen-bond acceptors (Lipinski definition) is 5. The number of nitro benzene ring substituents is 1. The lowest BCUT2D eigenvalue weighted by atomic mass is 10.2. The van der Waals surface area contributed by atoms with Crippen LogP contribution in [0.1, 0.15) is 27.8 Å². The minimum absolute atomic E-state index is 0.0472. The number of benzene rings is 2. The van der Waals surface area contributed by atoms with Crippen molar-refractivity contribution >= 4 is 17.3 Å². The number of carbonyl (C=O) groups excluding carboxylic acids is 1. The monoisotopic (exact) mass is 360 g/mol. The topological polar surface area (TPSA) is 88.4 Å². The van der Waals surface area contributed by atoms with E-state index in [0.29, 0.717) is 23.5 Å². The largest absolute Gasteiger partial charge is 0.354 e. The normalized spacial score (nSPS) is 15.5. The average molecular weight is 360 g/mol. The summed E-state index contributed by atoms with van der Waals surface area (Å²) in [6.07, 6.45) is 1.03. The fourth-order valence-electron chi connectivity index (χ4n) is 3.23. The highest BCUT2D eigenvalue weighted by Crippen LogP contribution is 2.36. The number of nitrogens with zero attached hydrogens (tertiary/aromatic N) is 3. The Bertz CT molecular complexity index is 1010. The van der Waals surface area contributed by atoms with Crippen LogP contribution in [-0.4, -0.2) is 20.7 Å². The smallest absolute Gasteiger partial charge is 0.292 e. The third-order valence-corrected chi connectivity index (χ3v) is 4.49. The molecule has 0 bridgehead atoms. The van der Waals surface area contributed by atoms with Gasteiger partial charge in [0.25, 0.3) is 11.6 Å². The van der Waals surface area contributed by atoms with E-state index in [2.05, 4.69) is 10.3 Å². The third-order valence-electron chi connectivity index (χ3n) is 4.49. The molecule has 1 aliphatic heterocycles. The van der Waals surface area contributed by atoms with E-state index in [0.717, 1.165) is 5.56 Å². The van der Waals surface area contributed by atoms with Gasteiger partial charge in [-0.3, -0.25) is 19.9 Å². The first-order valence-electron chi connectivity index (χ1n) is 8.45. The van der Waals surface area contributed by atoms with Crippen molar-refractivity contribution in [2.45, 2.75) is 12.7 Å². The van der Waals surface area contributed by atoms with Gasteiger partial charge in [-0.1, -0.05) is 42.5 Å². The first kappa shape index (κ1) is 16.7. The Kier molecular flexibility index (Phi) is 4.25. The second kappa shape index (κ2) is 6.87. The molecule has 27 heavy (non-hydrogen) atoms. The molecule has 1 amide bonds. The molecule has 1 unspecified atom stereocenters. The second-order valence-electron chi connectivity index (χ2n) is 6.18. The van der Waals surface area contributed by atoms with Crippen LogP contribution in [0.2, 0.25) is 0 Å². The van der Waals surface area contributed by atoms with E-state index in [-0.39, 0.29) is 11.6 Å². The zero-order valence-corrected chi connectivity index (χ0v) is 14.3. The lowest BCUT2D eigenvalue weighted by Crippen LogP contribution is -2.32. The van der Waals surface area contributed by atoms with E-state index in [9.17, 15) is 14.9 Å². The fourth-order valence-corrected chi connectivity index (χ4v) is 3.23. The van der Waals surface area contributed by atoms with E-state index < -0.39 is 11.1 Å². The zero-order chi connectivity index (χ0) is 18.8. The van der Waals surface area contributed by atoms with Crippen LogP contribution in [0.4, 0.5) is 11.4 Å². The molecule has 1 N–H and O–H groups in total. The van der Waals surface area contributed by atoms with Crippen molar-refractivity contribution in [3.05, 3.63) is 99.9 Å². The molecular weight excluding hydrogens is 344 g/mol. The van der Waals surface area contributed by atoms with E-state index >= 15 is 0 Å². The minimum Gasteiger partial charge on any atom is -0.354 e. The number of pyridine rings is 1. The quantitative estimate of drug-likeness (QED) is 0.553. The predicted molar refractivity (Wildman–Crippen MR) is 100 cm³/mol. The summed E-state index contributed by atoms with van der Waals surface area (Å²) in [5, 5.41) is 14.5. The third kappa shape index (κ3) is 3.10. The number of aromatic nitrogens is 1. The molecule has 3 aromatic rings. The molecule has 0 saturated heterocycles. The highest BCUT2D eigenvalue weighted by molar-refractivity contribution is 5.99. The number of nitro groups is 1. The number of para-hydroxylation sites is 2. The van der Waals surface area contributed by atoms with E-state index in [1.54, 1.807) is 41.4 Å². The van der Waals surface area contributed by atoms with Gasteiger partial charge in [-0.15, -0.1) is 0 Å². The van der Waals surface area contributed by atoms with Crippen molar-refractivity contribution < 1.29 is 9.72 Å². The Morgan fingerprint density at radius 1 is 1.04 bits per heavy atom. The van der Waals surface area contributed by atoms with Crippen molar-refractivity contribution in [1.29, 1.82) is 0 Å². The number of nitrogens with one attached hydrogen (secondary N) is 1. The number of hydrogen-bond donors (Lipinski definition) is 1. The molecule has 0 fully saturated rings. The lowest BCUT2D eigenvalue weighted by Gasteiger charge is -2.26. The maximum Gasteiger partial charge on any atom is 0.292 e. The zero-order valence-electron chi connectivity index (χ0n) is 14.3. The van der Waals surface area contributed by atoms with Crippen LogP contribution < -0.4 is 5.32 Å². The van der Waals surface area contributed by atoms with Gasteiger partial charge >= 0.3 is 0 Å². The van der Waals surface area contributed by atoms with Crippen molar-refractivity contribution in [3.8, 4) is 0 Å². The molecule has 1 aromatic heterocycles. The average Bonchev–Trinajstić information content (AvgIpc) is 2.95. The molecule has 134 valence electrons. The molecule has 0 aliphatic carbocycles. The van der Waals surface area contributed by atoms with Crippen molar-refractivity contribution in [2.24, 2.45) is 0 Å². The first-order valence-corrected chi connectivity index (χ1v) is 8.45. The van der Waals surface area contributed by atoms with Gasteiger partial charge in [-0.25, -0.2) is 0 Å². The van der Waals surface area contributed by atoms with Crippen LogP contribution in [0.25, 0.3) is 0 Å². The lowest BCUT2D eigenvalue weighted by molar-refractivity contribution is -0.384. The maximum atomic E-state index is 12.9. The van der Waals surface area contributed by atoms with Gasteiger partial charge in [0.15, 0.2) is 0 Å². The Morgan fingerprint density at radius 2 is 1.78 bits per heavy atom. The van der Waals surface area contributed by atoms with Gasteiger partial charge in [0.2, 0.25) is 0 Å². The Hall–Kier alpha value is -3.74. The van der Waals surface area contributed by atoms with Crippen LogP contribution >= 0.6 is 0 Å². The Labute approximate surface area is 155 Å². The molecule has 1 atom stereocenters. The molecular formula is C20H16N4O3. The molecule has 1 aliphatic rings. The predicted octanol–water partition coefficient (Wildman–Crippen LogP) is 3.76. The summed E-state index contributed by atoms with van der Waals surface area (Å²) in [5.41, 5.74) is 2.33. The van der Waals surface area contributed by atoms with E-state index in [1.807, 2.05) is 30.3 Å². The van der Waals surface area contributed by atoms with Crippen LogP contribution in [0.15, 0.2) is 72.9 Å². The van der Waals surface area contributed by atoms with Crippen LogP contribution in [0.5, 0.6) is 0 Å². The number of rotatable bonds is 5. The number of amides is 1. The number of carbonyl (C=O) groups is 1. The van der Waals surface area contributed by atoms with Gasteiger partial charge in [0.1, 0.15) is 11.9 Å². The number of fused-ring (bicyclic) bond motifs is 1. The molecule has 2 heterocycles. The highest BCUT2D eigenvalue weighted by Gasteiger charge is 2.38. The summed E-state index contributed by atoms with van der Waals surface area (Å²) in [6, 6.07) is 19.4. The molecule has 7 heteroatoms. The molecule has 4 rings (SSSR count). The van der Waals surface area contributed by atoms with Crippen molar-refractivity contribution in [3.63, 3.8) is 0 Å². The second-order valence-corrected chi connectivity index (χ2v) is 6.18. The summed E-state index contributed by atoms with van der Waals surface area (Å²) >= 11 is 0. The van der Waals surface area contributed by atoms with Crippen LogP contribution in [0, 0.1) is 10.1 Å². The minimum atomic E-state index is -0.588. The van der Waals surface area contributed by atoms with Gasteiger partial charge in [0.05, 0.1) is 16.2 Å². The van der Waals surface area contributed by atoms with E-state index in [1.165, 1.54) is 6.07 Å². The van der Waals surface area contributed by atoms with Gasteiger partial charge in [-0.2, -0.15) is 0 Å². The number of anilines is 1. The Morgan fingerprint density at radius 3 is 2.56 bits per heavy atom. The standard InChI is InChI=1S/C20H16N4O3/c25-20-15-9-6-12-21-18(15)19(23(20)13-14-7-2-1-3-8-14)22-16-10-4-5-11-17(16)24(26)27/h1-12,19,22H,13H2. The summed E-state index contributed by atoms with van der Waals surface area (Å²) in [4.78, 5) is 29.8. The summed E-state index contributed by atoms with van der Waals surface area (Å²) < 4.78 is 0. The van der Waals surface area contributed by atoms with Gasteiger partial charge in [0, 0.05) is 18.8 Å². The molecule has 2 aromatic carbocycles. The molecule has 0 spiro atoms. The SMILES string of the molecule is O=C1c2cccnc2C(Nc2ccccc2[N+](=O)[O-])N1Cc1ccccc1. The van der Waals surface area contributed by atoms with Crippen molar-refractivity contribution in [1.82, 2.24) is 9.88 Å². The maximum absolute atomic E-state index is 12.9. The van der Waals surface area contributed by atoms with Crippen LogP contribution in [-0.2, 0) is 6.54 Å². The summed E-state index contributed by atoms with van der Waals surface area (Å²) in [7, 11) is 0. The highest BCUT2D eigenvalue weighted by atomic mass is 16.6. The van der Waals surface area contributed by atoms with Crippen LogP contribution in [0.3, 0.4) is 0 Å². The molecule has 0 radical (unpaired) electrons. The van der Waals surface area contributed by atoms with Crippen molar-refractivity contribution in [2.75, 3.05) is 5.32 Å². The van der Waals surface area contributed by atoms with Gasteiger partial charge in [-0.05, 0) is 23.8 Å². The summed E-state index contributed by atoms with van der Waals surface area (Å²) in [5.74, 6) is -0.155. The molecule has 0 saturated carbocycles. The van der Waals surface area contributed by atoms with E-state index in [4.69, 9.17) is 0 Å². The van der Waals surface area contributed by atoms with Gasteiger partial charge < -0.3 is 10.2 Å². The molecule has 7 nitrogen and oxygen atoms in total.